The van der Waals surface area contributed by atoms with Crippen molar-refractivity contribution in [1.29, 1.82) is 0 Å². The second-order valence-electron chi connectivity index (χ2n) is 9.83. The molecule has 0 radical (unpaired) electrons. The maximum absolute atomic E-state index is 6.09. The van der Waals surface area contributed by atoms with Gasteiger partial charge in [0.25, 0.3) is 0 Å². The van der Waals surface area contributed by atoms with E-state index in [9.17, 15) is 0 Å². The SMILES string of the molecule is CC(C)[C@H]1COC(c2cccc[c]2[Sn]([CH3])([CH3])[c]2ccccc2C2=N[C@@H](C(C)C)CO2)=N1. The van der Waals surface area contributed by atoms with Crippen LogP contribution in [0.2, 0.25) is 9.88 Å². The van der Waals surface area contributed by atoms with E-state index in [0.29, 0.717) is 25.0 Å². The summed E-state index contributed by atoms with van der Waals surface area (Å²) >= 11 is -3.03. The third-order valence-corrected chi connectivity index (χ3v) is 16.7. The van der Waals surface area contributed by atoms with Crippen LogP contribution >= 0.6 is 0 Å². The molecule has 2 aliphatic heterocycles. The molecule has 2 atom stereocenters. The van der Waals surface area contributed by atoms with Crippen molar-refractivity contribution in [2.24, 2.45) is 21.8 Å². The summed E-state index contributed by atoms with van der Waals surface area (Å²) in [5, 5.41) is 0. The molecule has 2 heterocycles. The molecule has 0 aliphatic carbocycles. The summed E-state index contributed by atoms with van der Waals surface area (Å²) in [6.07, 6.45) is 0. The van der Waals surface area contributed by atoms with Crippen molar-refractivity contribution in [2.75, 3.05) is 13.2 Å². The van der Waals surface area contributed by atoms with Crippen molar-refractivity contribution in [3.63, 3.8) is 0 Å². The average molecular weight is 525 g/mol. The van der Waals surface area contributed by atoms with Crippen LogP contribution in [0.1, 0.15) is 38.8 Å². The van der Waals surface area contributed by atoms with Gasteiger partial charge in [0.2, 0.25) is 0 Å². The van der Waals surface area contributed by atoms with E-state index in [1.54, 1.807) is 0 Å². The molecule has 0 fully saturated rings. The van der Waals surface area contributed by atoms with Gasteiger partial charge in [0, 0.05) is 0 Å². The third kappa shape index (κ3) is 4.41. The molecule has 0 unspecified atom stereocenters. The Morgan fingerprint density at radius 1 is 0.710 bits per heavy atom. The minimum atomic E-state index is -3.03. The monoisotopic (exact) mass is 526 g/mol. The van der Waals surface area contributed by atoms with Crippen LogP contribution in [0, 0.1) is 11.8 Å². The Kier molecular flexibility index (Phi) is 6.47. The fourth-order valence-corrected chi connectivity index (χ4v) is 13.0. The summed E-state index contributed by atoms with van der Waals surface area (Å²) in [4.78, 5) is 14.8. The molecular formula is C26H34N2O2Sn. The molecule has 0 aromatic heterocycles. The van der Waals surface area contributed by atoms with Crippen LogP contribution in [0.25, 0.3) is 0 Å². The average Bonchev–Trinajstić information content (AvgIpc) is 3.44. The fraction of sp³-hybridized carbons (Fsp3) is 0.462. The van der Waals surface area contributed by atoms with Crippen molar-refractivity contribution >= 4 is 37.3 Å². The van der Waals surface area contributed by atoms with Gasteiger partial charge < -0.3 is 0 Å². The Morgan fingerprint density at radius 3 is 1.45 bits per heavy atom. The fourth-order valence-electron chi connectivity index (χ4n) is 4.33. The maximum atomic E-state index is 6.09. The molecule has 0 saturated heterocycles. The van der Waals surface area contributed by atoms with E-state index in [0.717, 1.165) is 22.9 Å². The van der Waals surface area contributed by atoms with E-state index in [1.165, 1.54) is 7.16 Å². The van der Waals surface area contributed by atoms with Crippen LogP contribution in [0.4, 0.5) is 0 Å². The van der Waals surface area contributed by atoms with Crippen molar-refractivity contribution in [3.8, 4) is 0 Å². The minimum absolute atomic E-state index is 0.239. The van der Waals surface area contributed by atoms with Crippen molar-refractivity contribution < 1.29 is 9.47 Å². The predicted molar refractivity (Wildman–Crippen MR) is 132 cm³/mol. The zero-order valence-electron chi connectivity index (χ0n) is 19.6. The Balaban J connectivity index is 1.77. The molecule has 2 aromatic carbocycles. The zero-order chi connectivity index (χ0) is 22.2. The van der Waals surface area contributed by atoms with Crippen molar-refractivity contribution in [2.45, 2.75) is 49.7 Å². The predicted octanol–water partition coefficient (Wildman–Crippen LogP) is 4.11. The van der Waals surface area contributed by atoms with Crippen LogP contribution in [-0.4, -0.2) is 55.5 Å². The summed E-state index contributed by atoms with van der Waals surface area (Å²) in [6, 6.07) is 17.9. The number of benzene rings is 2. The molecule has 5 heteroatoms. The van der Waals surface area contributed by atoms with E-state index in [1.807, 2.05) is 0 Å². The first-order chi connectivity index (χ1) is 14.8. The first-order valence-corrected chi connectivity index (χ1v) is 20.0. The van der Waals surface area contributed by atoms with E-state index >= 15 is 0 Å². The van der Waals surface area contributed by atoms with Gasteiger partial charge in [-0.25, -0.2) is 0 Å². The molecule has 2 aliphatic rings. The summed E-state index contributed by atoms with van der Waals surface area (Å²) in [6.45, 7) is 10.2. The molecule has 4 nitrogen and oxygen atoms in total. The molecule has 2 aromatic rings. The molecule has 0 saturated carbocycles. The topological polar surface area (TPSA) is 43.2 Å². The first kappa shape index (κ1) is 22.4. The van der Waals surface area contributed by atoms with Gasteiger partial charge in [-0.05, 0) is 0 Å². The Bertz CT molecular complexity index is 930. The molecule has 0 amide bonds. The molecule has 0 bridgehead atoms. The van der Waals surface area contributed by atoms with Crippen molar-refractivity contribution in [1.82, 2.24) is 0 Å². The Labute approximate surface area is 190 Å². The third-order valence-electron chi connectivity index (χ3n) is 6.55. The van der Waals surface area contributed by atoms with Gasteiger partial charge in [0.1, 0.15) is 0 Å². The van der Waals surface area contributed by atoms with Gasteiger partial charge in [-0.1, -0.05) is 0 Å². The number of hydrogen-bond acceptors (Lipinski definition) is 4. The summed E-state index contributed by atoms with van der Waals surface area (Å²) < 4.78 is 15.0. The van der Waals surface area contributed by atoms with Crippen LogP contribution < -0.4 is 7.16 Å². The summed E-state index contributed by atoms with van der Waals surface area (Å²) in [7, 11) is 0. The number of rotatable bonds is 6. The normalized spacial score (nSPS) is 21.2. The molecule has 0 spiro atoms. The number of nitrogens with zero attached hydrogens (tertiary/aromatic N) is 2. The van der Waals surface area contributed by atoms with Gasteiger partial charge in [-0.2, -0.15) is 0 Å². The van der Waals surface area contributed by atoms with E-state index in [2.05, 4.69) is 86.1 Å². The molecule has 31 heavy (non-hydrogen) atoms. The molecule has 164 valence electrons. The van der Waals surface area contributed by atoms with Gasteiger partial charge in [0.15, 0.2) is 0 Å². The van der Waals surface area contributed by atoms with E-state index in [-0.39, 0.29) is 12.1 Å². The number of hydrogen-bond donors (Lipinski definition) is 0. The number of ether oxygens (including phenoxy) is 2. The number of aliphatic imine (C=N–C) groups is 2. The van der Waals surface area contributed by atoms with E-state index < -0.39 is 18.4 Å². The quantitative estimate of drug-likeness (QED) is 0.534. The second-order valence-corrected chi connectivity index (χ2v) is 22.2. The van der Waals surface area contributed by atoms with Gasteiger partial charge in [-0.15, -0.1) is 0 Å². The van der Waals surface area contributed by atoms with E-state index in [4.69, 9.17) is 19.5 Å². The molecule has 4 rings (SSSR count). The van der Waals surface area contributed by atoms with Crippen LogP contribution in [0.15, 0.2) is 58.5 Å². The van der Waals surface area contributed by atoms with Gasteiger partial charge in [-0.3, -0.25) is 0 Å². The van der Waals surface area contributed by atoms with Crippen molar-refractivity contribution in [3.05, 3.63) is 59.7 Å². The molecule has 0 N–H and O–H groups in total. The summed E-state index contributed by atoms with van der Waals surface area (Å²) in [5.74, 6) is 2.58. The van der Waals surface area contributed by atoms with Gasteiger partial charge in [0.05, 0.1) is 0 Å². The Morgan fingerprint density at radius 2 is 1.10 bits per heavy atom. The first-order valence-electron chi connectivity index (χ1n) is 11.4. The van der Waals surface area contributed by atoms with Crippen LogP contribution in [-0.2, 0) is 9.47 Å². The molecular weight excluding hydrogens is 491 g/mol. The standard InChI is InChI=1S/2C12H14NO.2CH3.Sn/c2*1-9(2)11-8-14-12(13-11)10-6-4-3-5-7-10;;;/h2*3-6,9,11H,8H2,1-2H3;2*1H3;/t2*11-;;;/m11.../s1. The second kappa shape index (κ2) is 8.97. The van der Waals surface area contributed by atoms with Crippen LogP contribution in [0.3, 0.4) is 0 Å². The van der Waals surface area contributed by atoms with Gasteiger partial charge >= 0.3 is 191 Å². The summed E-state index contributed by atoms with van der Waals surface area (Å²) in [5.41, 5.74) is 2.33. The Hall–Kier alpha value is -1.82. The zero-order valence-corrected chi connectivity index (χ0v) is 22.4. The van der Waals surface area contributed by atoms with Crippen LogP contribution in [0.5, 0.6) is 0 Å².